The molecule has 0 radical (unpaired) electrons. The molecule has 0 amide bonds. The molecule has 0 aliphatic rings. The first kappa shape index (κ1) is 45.5. The molecule has 0 aliphatic carbocycles. The highest BCUT2D eigenvalue weighted by Gasteiger charge is 2.25. The average Bonchev–Trinajstić information content (AvgIpc) is 3.04. The minimum Gasteiger partial charge on any atom is -0.457 e. The number of hydrogen-bond donors (Lipinski definition) is 2. The number of nitrogens with two attached hydrogens (primary N) is 1. The number of unbranched alkanes of at least 4 members (excludes halogenated alkanes) is 25. The molecule has 0 saturated carbocycles. The Morgan fingerprint density at radius 1 is 0.565 bits per heavy atom. The summed E-state index contributed by atoms with van der Waals surface area (Å²) >= 11 is 0. The third kappa shape index (κ3) is 34.8. The second kappa shape index (κ2) is 35.8. The molecule has 2 atom stereocenters. The van der Waals surface area contributed by atoms with Gasteiger partial charge >= 0.3 is 13.8 Å². The van der Waals surface area contributed by atoms with Crippen LogP contribution in [0.5, 0.6) is 0 Å². The molecule has 0 bridgehead atoms. The van der Waals surface area contributed by atoms with E-state index in [2.05, 4.69) is 13.8 Å². The molecule has 0 aromatic heterocycles. The fourth-order valence-corrected chi connectivity index (χ4v) is 6.41. The highest BCUT2D eigenvalue weighted by Crippen LogP contribution is 2.43. The van der Waals surface area contributed by atoms with Crippen molar-refractivity contribution in [3.8, 4) is 0 Å². The molecule has 1 unspecified atom stereocenters. The summed E-state index contributed by atoms with van der Waals surface area (Å²) in [5, 5.41) is 0. The van der Waals surface area contributed by atoms with Crippen LogP contribution in [-0.2, 0) is 27.9 Å². The summed E-state index contributed by atoms with van der Waals surface area (Å²) in [6.45, 7) is 4.94. The molecule has 276 valence electrons. The van der Waals surface area contributed by atoms with Gasteiger partial charge in [-0.15, -0.1) is 0 Å². The molecule has 0 fully saturated rings. The van der Waals surface area contributed by atoms with Gasteiger partial charge in [0, 0.05) is 19.6 Å². The summed E-state index contributed by atoms with van der Waals surface area (Å²) in [5.41, 5.74) is 5.35. The van der Waals surface area contributed by atoms with Gasteiger partial charge in [0.05, 0.1) is 19.8 Å². The standard InChI is InChI=1S/C37H76NO7P/c1-3-5-7-9-11-13-14-15-16-17-18-19-20-21-23-25-27-29-32-42-34-36(35-44-46(40,41)43-33-31-38)45-37(39)30-28-26-24-22-12-10-8-6-4-2/h36H,3-35,38H2,1-2H3,(H,40,41)/t36-/m1/s1. The van der Waals surface area contributed by atoms with Gasteiger partial charge in [0.25, 0.3) is 0 Å². The molecule has 0 aromatic carbocycles. The lowest BCUT2D eigenvalue weighted by Crippen LogP contribution is -2.28. The van der Waals surface area contributed by atoms with Crippen molar-refractivity contribution < 1.29 is 32.8 Å². The molecule has 0 rings (SSSR count). The van der Waals surface area contributed by atoms with Gasteiger partial charge in [0.15, 0.2) is 0 Å². The first-order valence-electron chi connectivity index (χ1n) is 19.5. The van der Waals surface area contributed by atoms with E-state index in [1.54, 1.807) is 0 Å². The van der Waals surface area contributed by atoms with E-state index in [4.69, 9.17) is 24.3 Å². The van der Waals surface area contributed by atoms with Crippen LogP contribution in [0.2, 0.25) is 0 Å². The monoisotopic (exact) mass is 678 g/mol. The van der Waals surface area contributed by atoms with Crippen LogP contribution in [0.1, 0.15) is 194 Å². The molecular weight excluding hydrogens is 601 g/mol. The summed E-state index contributed by atoms with van der Waals surface area (Å²) < 4.78 is 33.3. The summed E-state index contributed by atoms with van der Waals surface area (Å²) in [4.78, 5) is 22.3. The molecule has 0 saturated heterocycles. The quantitative estimate of drug-likeness (QED) is 0.0377. The van der Waals surface area contributed by atoms with Crippen molar-refractivity contribution in [1.29, 1.82) is 0 Å². The topological polar surface area (TPSA) is 117 Å². The fourth-order valence-electron chi connectivity index (χ4n) is 5.64. The van der Waals surface area contributed by atoms with E-state index < -0.39 is 13.9 Å². The van der Waals surface area contributed by atoms with Crippen LogP contribution >= 0.6 is 7.82 Å². The van der Waals surface area contributed by atoms with Gasteiger partial charge in [0.2, 0.25) is 0 Å². The van der Waals surface area contributed by atoms with Gasteiger partial charge in [-0.25, -0.2) is 4.57 Å². The lowest BCUT2D eigenvalue weighted by molar-refractivity contribution is -0.154. The van der Waals surface area contributed by atoms with Crippen molar-refractivity contribution in [2.45, 2.75) is 200 Å². The largest absolute Gasteiger partial charge is 0.472 e. The number of rotatable bonds is 38. The molecule has 0 heterocycles. The van der Waals surface area contributed by atoms with Gasteiger partial charge in [-0.05, 0) is 12.8 Å². The molecular formula is C37H76NO7P. The molecule has 3 N–H and O–H groups in total. The maximum absolute atomic E-state index is 12.5. The first-order chi connectivity index (χ1) is 22.4. The molecule has 46 heavy (non-hydrogen) atoms. The van der Waals surface area contributed by atoms with Crippen LogP contribution in [0.3, 0.4) is 0 Å². The Labute approximate surface area is 284 Å². The number of phosphoric acid groups is 1. The minimum absolute atomic E-state index is 0.0906. The minimum atomic E-state index is -4.26. The van der Waals surface area contributed by atoms with Crippen molar-refractivity contribution in [3.63, 3.8) is 0 Å². The van der Waals surface area contributed by atoms with E-state index in [0.717, 1.165) is 32.1 Å². The Bertz CT molecular complexity index is 682. The Morgan fingerprint density at radius 2 is 0.957 bits per heavy atom. The average molecular weight is 678 g/mol. The van der Waals surface area contributed by atoms with Crippen molar-refractivity contribution >= 4 is 13.8 Å². The second-order valence-electron chi connectivity index (χ2n) is 13.2. The fraction of sp³-hybridized carbons (Fsp3) is 0.973. The van der Waals surface area contributed by atoms with Gasteiger partial charge in [-0.3, -0.25) is 13.8 Å². The third-order valence-electron chi connectivity index (χ3n) is 8.52. The summed E-state index contributed by atoms with van der Waals surface area (Å²) in [7, 11) is -4.26. The molecule has 0 spiro atoms. The van der Waals surface area contributed by atoms with Gasteiger partial charge in [-0.2, -0.15) is 0 Å². The predicted octanol–water partition coefficient (Wildman–Crippen LogP) is 11.0. The van der Waals surface area contributed by atoms with Crippen LogP contribution in [-0.4, -0.2) is 49.9 Å². The Hall–Kier alpha value is -0.500. The van der Waals surface area contributed by atoms with Crippen molar-refractivity contribution in [3.05, 3.63) is 0 Å². The maximum Gasteiger partial charge on any atom is 0.472 e. The first-order valence-corrected chi connectivity index (χ1v) is 21.0. The van der Waals surface area contributed by atoms with Crippen molar-refractivity contribution in [1.82, 2.24) is 0 Å². The highest BCUT2D eigenvalue weighted by atomic mass is 31.2. The maximum atomic E-state index is 12.5. The van der Waals surface area contributed by atoms with E-state index in [1.165, 1.54) is 141 Å². The SMILES string of the molecule is CCCCCCCCCCCCCCCCCCCCOC[C@H](COP(=O)(O)OCCN)OC(=O)CCCCCCCCCCC. The zero-order valence-electron chi connectivity index (χ0n) is 30.3. The summed E-state index contributed by atoms with van der Waals surface area (Å²) in [6.07, 6.45) is 34.1. The van der Waals surface area contributed by atoms with Crippen LogP contribution in [0.4, 0.5) is 0 Å². The Balaban J connectivity index is 3.95. The normalized spacial score (nSPS) is 13.6. The Morgan fingerprint density at radius 3 is 1.37 bits per heavy atom. The van der Waals surface area contributed by atoms with E-state index >= 15 is 0 Å². The zero-order valence-corrected chi connectivity index (χ0v) is 31.2. The van der Waals surface area contributed by atoms with Crippen LogP contribution < -0.4 is 5.73 Å². The van der Waals surface area contributed by atoms with Crippen molar-refractivity contribution in [2.24, 2.45) is 5.73 Å². The number of carbonyl (C=O) groups excluding carboxylic acids is 1. The number of carbonyl (C=O) groups is 1. The second-order valence-corrected chi connectivity index (χ2v) is 14.6. The van der Waals surface area contributed by atoms with E-state index in [-0.39, 0.29) is 32.3 Å². The summed E-state index contributed by atoms with van der Waals surface area (Å²) in [6, 6.07) is 0. The highest BCUT2D eigenvalue weighted by molar-refractivity contribution is 7.47. The molecule has 8 nitrogen and oxygen atoms in total. The van der Waals surface area contributed by atoms with Crippen LogP contribution in [0, 0.1) is 0 Å². The predicted molar refractivity (Wildman–Crippen MR) is 192 cm³/mol. The van der Waals surface area contributed by atoms with Gasteiger partial charge < -0.3 is 20.1 Å². The van der Waals surface area contributed by atoms with E-state index in [1.807, 2.05) is 0 Å². The van der Waals surface area contributed by atoms with Crippen LogP contribution in [0.15, 0.2) is 0 Å². The molecule has 0 aromatic rings. The smallest absolute Gasteiger partial charge is 0.457 e. The molecule has 0 aliphatic heterocycles. The zero-order chi connectivity index (χ0) is 33.8. The summed E-state index contributed by atoms with van der Waals surface area (Å²) in [5.74, 6) is -0.330. The Kier molecular flexibility index (Phi) is 35.4. The van der Waals surface area contributed by atoms with E-state index in [9.17, 15) is 14.3 Å². The lowest BCUT2D eigenvalue weighted by Gasteiger charge is -2.20. The number of esters is 1. The van der Waals surface area contributed by atoms with Gasteiger partial charge in [-0.1, -0.05) is 174 Å². The molecule has 9 heteroatoms. The number of ether oxygens (including phenoxy) is 2. The lowest BCUT2D eigenvalue weighted by atomic mass is 10.0. The van der Waals surface area contributed by atoms with Gasteiger partial charge in [0.1, 0.15) is 6.10 Å². The number of phosphoric ester groups is 1. The van der Waals surface area contributed by atoms with Crippen molar-refractivity contribution in [2.75, 3.05) is 33.0 Å². The third-order valence-corrected chi connectivity index (χ3v) is 9.51. The van der Waals surface area contributed by atoms with Crippen LogP contribution in [0.25, 0.3) is 0 Å². The number of hydrogen-bond acceptors (Lipinski definition) is 7. The van der Waals surface area contributed by atoms with E-state index in [0.29, 0.717) is 13.0 Å².